The molecule has 3 heterocycles. The predicted molar refractivity (Wildman–Crippen MR) is 81.8 cm³/mol. The second-order valence-corrected chi connectivity index (χ2v) is 6.44. The quantitative estimate of drug-likeness (QED) is 0.850. The van der Waals surface area contributed by atoms with Crippen LogP contribution in [0.4, 0.5) is 9.18 Å². The van der Waals surface area contributed by atoms with E-state index in [1.165, 1.54) is 18.3 Å². The van der Waals surface area contributed by atoms with Gasteiger partial charge in [0, 0.05) is 40.0 Å². The zero-order chi connectivity index (χ0) is 16.4. The van der Waals surface area contributed by atoms with Gasteiger partial charge in [0.25, 0.3) is 0 Å². The van der Waals surface area contributed by atoms with Gasteiger partial charge in [0.05, 0.1) is 18.1 Å². The SMILES string of the molecule is CN(C)C(=O)N1CC[C@@H]2OCC[C@]2(COc2ncccc2F)C1. The van der Waals surface area contributed by atoms with Crippen molar-refractivity contribution >= 4 is 6.03 Å². The van der Waals surface area contributed by atoms with E-state index in [9.17, 15) is 9.18 Å². The Morgan fingerprint density at radius 3 is 3.17 bits per heavy atom. The third-order valence-corrected chi connectivity index (χ3v) is 4.64. The number of likely N-dealkylation sites (tertiary alicyclic amines) is 1. The highest BCUT2D eigenvalue weighted by Crippen LogP contribution is 2.41. The van der Waals surface area contributed by atoms with Gasteiger partial charge in [-0.15, -0.1) is 0 Å². The maximum absolute atomic E-state index is 13.7. The van der Waals surface area contributed by atoms with Gasteiger partial charge >= 0.3 is 6.03 Å². The van der Waals surface area contributed by atoms with Crippen LogP contribution in [0.25, 0.3) is 0 Å². The fourth-order valence-electron chi connectivity index (χ4n) is 3.39. The lowest BCUT2D eigenvalue weighted by molar-refractivity contribution is -0.0316. The minimum atomic E-state index is -0.476. The van der Waals surface area contributed by atoms with Gasteiger partial charge in [-0.1, -0.05) is 0 Å². The van der Waals surface area contributed by atoms with Gasteiger partial charge in [-0.2, -0.15) is 0 Å². The zero-order valence-corrected chi connectivity index (χ0v) is 13.5. The molecule has 2 atom stereocenters. The molecule has 2 fully saturated rings. The van der Waals surface area contributed by atoms with Crippen molar-refractivity contribution in [3.63, 3.8) is 0 Å². The molecule has 2 aliphatic rings. The van der Waals surface area contributed by atoms with Gasteiger partial charge in [-0.3, -0.25) is 0 Å². The average molecular weight is 323 g/mol. The number of rotatable bonds is 3. The smallest absolute Gasteiger partial charge is 0.319 e. The Bertz CT molecular complexity index is 583. The summed E-state index contributed by atoms with van der Waals surface area (Å²) in [5, 5.41) is 0. The molecule has 1 aromatic rings. The molecule has 0 radical (unpaired) electrons. The first kappa shape index (κ1) is 16.0. The molecule has 0 saturated carbocycles. The topological polar surface area (TPSA) is 54.9 Å². The van der Waals surface area contributed by atoms with Crippen LogP contribution in [0.3, 0.4) is 0 Å². The van der Waals surface area contributed by atoms with Gasteiger partial charge in [-0.05, 0) is 25.0 Å². The number of aromatic nitrogens is 1. The van der Waals surface area contributed by atoms with Crippen LogP contribution in [0.5, 0.6) is 5.88 Å². The first-order valence-corrected chi connectivity index (χ1v) is 7.83. The van der Waals surface area contributed by atoms with E-state index in [2.05, 4.69) is 4.98 Å². The van der Waals surface area contributed by atoms with Crippen LogP contribution >= 0.6 is 0 Å². The lowest BCUT2D eigenvalue weighted by Gasteiger charge is -2.43. The van der Waals surface area contributed by atoms with Gasteiger partial charge < -0.3 is 19.3 Å². The molecular formula is C16H22FN3O3. The number of pyridine rings is 1. The van der Waals surface area contributed by atoms with Gasteiger partial charge in [0.1, 0.15) is 0 Å². The van der Waals surface area contributed by atoms with Crippen LogP contribution in [0, 0.1) is 11.2 Å². The van der Waals surface area contributed by atoms with E-state index in [4.69, 9.17) is 9.47 Å². The molecule has 23 heavy (non-hydrogen) atoms. The fourth-order valence-corrected chi connectivity index (χ4v) is 3.39. The van der Waals surface area contributed by atoms with Crippen molar-refractivity contribution < 1.29 is 18.7 Å². The van der Waals surface area contributed by atoms with Gasteiger partial charge in [-0.25, -0.2) is 14.2 Å². The summed E-state index contributed by atoms with van der Waals surface area (Å²) in [5.41, 5.74) is -0.298. The Labute approximate surface area is 135 Å². The molecule has 0 bridgehead atoms. The summed E-state index contributed by atoms with van der Waals surface area (Å²) in [6.45, 7) is 2.16. The molecular weight excluding hydrogens is 301 g/mol. The van der Waals surface area contributed by atoms with E-state index in [1.54, 1.807) is 19.0 Å². The molecule has 0 aliphatic carbocycles. The van der Waals surface area contributed by atoms with E-state index >= 15 is 0 Å². The van der Waals surface area contributed by atoms with Crippen molar-refractivity contribution in [3.05, 3.63) is 24.1 Å². The molecule has 2 saturated heterocycles. The lowest BCUT2D eigenvalue weighted by atomic mass is 9.77. The van der Waals surface area contributed by atoms with E-state index in [0.29, 0.717) is 26.3 Å². The Kier molecular flexibility index (Phi) is 4.39. The number of carbonyl (C=O) groups is 1. The highest BCUT2D eigenvalue weighted by Gasteiger charge is 2.49. The molecule has 6 nitrogen and oxygen atoms in total. The molecule has 3 rings (SSSR count). The van der Waals surface area contributed by atoms with Crippen molar-refractivity contribution in [3.8, 4) is 5.88 Å². The second kappa shape index (κ2) is 6.31. The van der Waals surface area contributed by atoms with Gasteiger partial charge in [0.15, 0.2) is 5.82 Å². The summed E-state index contributed by atoms with van der Waals surface area (Å²) >= 11 is 0. The minimum Gasteiger partial charge on any atom is -0.475 e. The Morgan fingerprint density at radius 2 is 2.43 bits per heavy atom. The fraction of sp³-hybridized carbons (Fsp3) is 0.625. The molecule has 2 amide bonds. The van der Waals surface area contributed by atoms with E-state index in [-0.39, 0.29) is 23.4 Å². The molecule has 7 heteroatoms. The zero-order valence-electron chi connectivity index (χ0n) is 13.5. The summed E-state index contributed by atoms with van der Waals surface area (Å²) < 4.78 is 25.2. The maximum atomic E-state index is 13.7. The van der Waals surface area contributed by atoms with E-state index in [1.807, 2.05) is 4.90 Å². The third kappa shape index (κ3) is 3.10. The summed E-state index contributed by atoms with van der Waals surface area (Å²) in [6.07, 6.45) is 3.11. The number of hydrogen-bond donors (Lipinski definition) is 0. The summed E-state index contributed by atoms with van der Waals surface area (Å²) in [6, 6.07) is 2.84. The minimum absolute atomic E-state index is 0.00332. The second-order valence-electron chi connectivity index (χ2n) is 6.44. The van der Waals surface area contributed by atoms with Crippen LogP contribution in [-0.2, 0) is 4.74 Å². The molecule has 126 valence electrons. The largest absolute Gasteiger partial charge is 0.475 e. The molecule has 0 aromatic carbocycles. The van der Waals surface area contributed by atoms with Crippen LogP contribution in [0.1, 0.15) is 12.8 Å². The first-order valence-electron chi connectivity index (χ1n) is 7.83. The number of nitrogens with zero attached hydrogens (tertiary/aromatic N) is 3. The predicted octanol–water partition coefficient (Wildman–Crippen LogP) is 1.76. The van der Waals surface area contributed by atoms with E-state index < -0.39 is 5.82 Å². The van der Waals surface area contributed by atoms with Crippen molar-refractivity contribution in [1.29, 1.82) is 0 Å². The number of carbonyl (C=O) groups excluding carboxylic acids is 1. The van der Waals surface area contributed by atoms with Gasteiger partial charge in [0.2, 0.25) is 5.88 Å². The molecule has 1 aromatic heterocycles. The van der Waals surface area contributed by atoms with Crippen molar-refractivity contribution in [1.82, 2.24) is 14.8 Å². The number of halogens is 1. The number of urea groups is 1. The number of piperidine rings is 1. The first-order chi connectivity index (χ1) is 11.0. The molecule has 0 N–H and O–H groups in total. The van der Waals surface area contributed by atoms with Crippen molar-refractivity contribution in [2.24, 2.45) is 5.41 Å². The summed E-state index contributed by atoms with van der Waals surface area (Å²) in [7, 11) is 3.48. The lowest BCUT2D eigenvalue weighted by Crippen LogP contribution is -2.55. The Hall–Kier alpha value is -1.89. The highest BCUT2D eigenvalue weighted by atomic mass is 19.1. The average Bonchev–Trinajstić information content (AvgIpc) is 2.96. The summed E-state index contributed by atoms with van der Waals surface area (Å²) in [4.78, 5) is 19.6. The molecule has 2 aliphatic heterocycles. The Morgan fingerprint density at radius 1 is 1.61 bits per heavy atom. The number of fused-ring (bicyclic) bond motifs is 1. The molecule has 0 spiro atoms. The van der Waals surface area contributed by atoms with Crippen LogP contribution in [0.15, 0.2) is 18.3 Å². The van der Waals surface area contributed by atoms with Crippen LogP contribution < -0.4 is 4.74 Å². The summed E-state index contributed by atoms with van der Waals surface area (Å²) in [5.74, 6) is -0.472. The highest BCUT2D eigenvalue weighted by molar-refractivity contribution is 5.74. The monoisotopic (exact) mass is 323 g/mol. The van der Waals surface area contributed by atoms with Crippen LogP contribution in [-0.4, -0.2) is 67.3 Å². The molecule has 0 unspecified atom stereocenters. The maximum Gasteiger partial charge on any atom is 0.319 e. The number of ether oxygens (including phenoxy) is 2. The number of amides is 2. The van der Waals surface area contributed by atoms with Crippen LogP contribution in [0.2, 0.25) is 0 Å². The normalized spacial score (nSPS) is 26.7. The standard InChI is InChI=1S/C16H22FN3O3/c1-19(2)15(21)20-8-5-13-16(10-20,6-9-22-13)11-23-14-12(17)4-3-7-18-14/h3-4,7,13H,5-6,8-11H2,1-2H3/t13-,16+/m0/s1. The third-order valence-electron chi connectivity index (χ3n) is 4.64. The number of hydrogen-bond acceptors (Lipinski definition) is 4. The van der Waals surface area contributed by atoms with Crippen molar-refractivity contribution in [2.45, 2.75) is 18.9 Å². The van der Waals surface area contributed by atoms with E-state index in [0.717, 1.165) is 12.8 Å². The Balaban J connectivity index is 1.73. The van der Waals surface area contributed by atoms with Crippen molar-refractivity contribution in [2.75, 3.05) is 40.4 Å².